The number of carbonyl (C=O) groups is 3. The van der Waals surface area contributed by atoms with Gasteiger partial charge in [-0.2, -0.15) is 0 Å². The van der Waals surface area contributed by atoms with E-state index in [1.807, 2.05) is 0 Å². The van der Waals surface area contributed by atoms with Crippen LogP contribution in [0.15, 0.2) is 24.3 Å². The Morgan fingerprint density at radius 1 is 1.42 bits per heavy atom. The van der Waals surface area contributed by atoms with E-state index in [0.717, 1.165) is 0 Å². The van der Waals surface area contributed by atoms with Gasteiger partial charge in [0.2, 0.25) is 0 Å². The Bertz CT molecular complexity index is 629. The zero-order valence-corrected chi connectivity index (χ0v) is 13.7. The molecule has 0 spiro atoms. The Morgan fingerprint density at radius 3 is 2.83 bits per heavy atom. The maximum atomic E-state index is 12.5. The van der Waals surface area contributed by atoms with Crippen LogP contribution in [0.25, 0.3) is 0 Å². The number of rotatable bonds is 6. The van der Waals surface area contributed by atoms with E-state index in [0.29, 0.717) is 24.5 Å². The lowest BCUT2D eigenvalue weighted by molar-refractivity contribution is -0.151. The summed E-state index contributed by atoms with van der Waals surface area (Å²) in [6, 6.07) is 6.66. The minimum atomic E-state index is -0.959. The normalized spacial score (nSPS) is 18.8. The molecule has 1 fully saturated rings. The average Bonchev–Trinajstić information content (AvgIpc) is 2.54. The number of nitrogens with zero attached hydrogens (tertiary/aromatic N) is 1. The number of ether oxygens (including phenoxy) is 2. The number of carboxylic acid groups (broad SMARTS) is 1. The van der Waals surface area contributed by atoms with Crippen molar-refractivity contribution in [1.29, 1.82) is 0 Å². The summed E-state index contributed by atoms with van der Waals surface area (Å²) in [4.78, 5) is 36.2. The standard InChI is InChI=1S/C17H21NO6/c1-11(19)13-4-3-5-14(8-13)24-12(2)17(22)18-6-7-23-15(10-18)9-16(20)21/h3-5,8,12,15H,6-7,9-10H2,1-2H3,(H,20,21). The van der Waals surface area contributed by atoms with E-state index in [-0.39, 0.29) is 24.7 Å². The van der Waals surface area contributed by atoms with E-state index in [1.54, 1.807) is 36.1 Å². The van der Waals surface area contributed by atoms with Crippen LogP contribution < -0.4 is 4.74 Å². The predicted octanol–water partition coefficient (Wildman–Crippen LogP) is 1.36. The first-order chi connectivity index (χ1) is 11.4. The molecule has 2 atom stereocenters. The van der Waals surface area contributed by atoms with Gasteiger partial charge >= 0.3 is 5.97 Å². The van der Waals surface area contributed by atoms with Crippen LogP contribution in [0.3, 0.4) is 0 Å². The van der Waals surface area contributed by atoms with E-state index in [2.05, 4.69) is 0 Å². The van der Waals surface area contributed by atoms with Crippen molar-refractivity contribution in [1.82, 2.24) is 4.90 Å². The number of aliphatic carboxylic acids is 1. The van der Waals surface area contributed by atoms with Crippen molar-refractivity contribution in [2.45, 2.75) is 32.5 Å². The van der Waals surface area contributed by atoms with Crippen LogP contribution in [-0.2, 0) is 14.3 Å². The Balaban J connectivity index is 1.97. The third-order valence-electron chi connectivity index (χ3n) is 3.75. The molecule has 0 saturated carbocycles. The van der Waals surface area contributed by atoms with Crippen LogP contribution in [0.5, 0.6) is 5.75 Å². The van der Waals surface area contributed by atoms with Crippen molar-refractivity contribution in [2.24, 2.45) is 0 Å². The van der Waals surface area contributed by atoms with Gasteiger partial charge in [0.25, 0.3) is 5.91 Å². The summed E-state index contributed by atoms with van der Waals surface area (Å²) < 4.78 is 11.0. The van der Waals surface area contributed by atoms with Gasteiger partial charge in [0, 0.05) is 18.7 Å². The van der Waals surface area contributed by atoms with E-state index in [1.165, 1.54) is 6.92 Å². The number of hydrogen-bond acceptors (Lipinski definition) is 5. The monoisotopic (exact) mass is 335 g/mol. The molecule has 2 rings (SSSR count). The summed E-state index contributed by atoms with van der Waals surface area (Å²) in [5.74, 6) is -0.829. The summed E-state index contributed by atoms with van der Waals surface area (Å²) in [5, 5.41) is 8.83. The maximum absolute atomic E-state index is 12.5. The zero-order valence-electron chi connectivity index (χ0n) is 13.7. The van der Waals surface area contributed by atoms with Gasteiger partial charge in [0.1, 0.15) is 5.75 Å². The molecule has 1 heterocycles. The Kier molecular flexibility index (Phi) is 5.92. The third kappa shape index (κ3) is 4.79. The van der Waals surface area contributed by atoms with E-state index in [4.69, 9.17) is 14.6 Å². The van der Waals surface area contributed by atoms with Crippen molar-refractivity contribution in [3.63, 3.8) is 0 Å². The lowest BCUT2D eigenvalue weighted by Crippen LogP contribution is -2.50. The van der Waals surface area contributed by atoms with Gasteiger partial charge in [-0.3, -0.25) is 14.4 Å². The summed E-state index contributed by atoms with van der Waals surface area (Å²) in [7, 11) is 0. The highest BCUT2D eigenvalue weighted by atomic mass is 16.5. The first-order valence-electron chi connectivity index (χ1n) is 7.76. The maximum Gasteiger partial charge on any atom is 0.306 e. The van der Waals surface area contributed by atoms with Crippen molar-refractivity contribution < 1.29 is 29.0 Å². The minimum Gasteiger partial charge on any atom is -0.481 e. The van der Waals surface area contributed by atoms with E-state index in [9.17, 15) is 14.4 Å². The first-order valence-corrected chi connectivity index (χ1v) is 7.76. The summed E-state index contributed by atoms with van der Waals surface area (Å²) in [6.45, 7) is 4.02. The SMILES string of the molecule is CC(=O)c1cccc(OC(C)C(=O)N2CCOC(CC(=O)O)C2)c1. The fourth-order valence-corrected chi connectivity index (χ4v) is 2.54. The summed E-state index contributed by atoms with van der Waals surface area (Å²) in [6.07, 6.45) is -1.39. The Morgan fingerprint density at radius 2 is 2.17 bits per heavy atom. The van der Waals surface area contributed by atoms with Gasteiger partial charge in [0.05, 0.1) is 19.1 Å². The molecule has 1 amide bonds. The van der Waals surface area contributed by atoms with Gasteiger partial charge in [-0.15, -0.1) is 0 Å². The molecule has 1 aromatic rings. The van der Waals surface area contributed by atoms with Gasteiger partial charge in [-0.25, -0.2) is 0 Å². The second-order valence-electron chi connectivity index (χ2n) is 5.72. The molecule has 0 aliphatic carbocycles. The number of carboxylic acids is 1. The molecule has 0 aromatic heterocycles. The molecule has 1 aliphatic rings. The molecule has 1 saturated heterocycles. The number of Topliss-reactive ketones (excluding diaryl/α,β-unsaturated/α-hetero) is 1. The van der Waals surface area contributed by atoms with Crippen LogP contribution in [0.2, 0.25) is 0 Å². The van der Waals surface area contributed by atoms with Crippen molar-refractivity contribution in [3.05, 3.63) is 29.8 Å². The van der Waals surface area contributed by atoms with E-state index >= 15 is 0 Å². The van der Waals surface area contributed by atoms with Gasteiger partial charge < -0.3 is 19.5 Å². The second-order valence-corrected chi connectivity index (χ2v) is 5.72. The second kappa shape index (κ2) is 7.92. The predicted molar refractivity (Wildman–Crippen MR) is 85.1 cm³/mol. The van der Waals surface area contributed by atoms with Crippen LogP contribution >= 0.6 is 0 Å². The molecule has 0 bridgehead atoms. The number of ketones is 1. The number of benzene rings is 1. The molecule has 2 unspecified atom stereocenters. The lowest BCUT2D eigenvalue weighted by atomic mass is 10.1. The molecule has 24 heavy (non-hydrogen) atoms. The van der Waals surface area contributed by atoms with Crippen LogP contribution in [-0.4, -0.2) is 59.6 Å². The van der Waals surface area contributed by atoms with Gasteiger partial charge in [0.15, 0.2) is 11.9 Å². The fourth-order valence-electron chi connectivity index (χ4n) is 2.54. The van der Waals surface area contributed by atoms with Crippen LogP contribution in [0, 0.1) is 0 Å². The molecular weight excluding hydrogens is 314 g/mol. The highest BCUT2D eigenvalue weighted by Crippen LogP contribution is 2.17. The smallest absolute Gasteiger partial charge is 0.306 e. The molecule has 1 aromatic carbocycles. The number of hydrogen-bond donors (Lipinski definition) is 1. The lowest BCUT2D eigenvalue weighted by Gasteiger charge is -2.33. The quantitative estimate of drug-likeness (QED) is 0.789. The molecular formula is C17H21NO6. The van der Waals surface area contributed by atoms with Crippen LogP contribution in [0.1, 0.15) is 30.6 Å². The zero-order chi connectivity index (χ0) is 17.7. The van der Waals surface area contributed by atoms with Crippen molar-refractivity contribution >= 4 is 17.7 Å². The van der Waals surface area contributed by atoms with Crippen molar-refractivity contribution in [3.8, 4) is 5.75 Å². The average molecular weight is 335 g/mol. The number of amides is 1. The van der Waals surface area contributed by atoms with Crippen LogP contribution in [0.4, 0.5) is 0 Å². The summed E-state index contributed by atoms with van der Waals surface area (Å²) in [5.41, 5.74) is 0.514. The Hall–Kier alpha value is -2.41. The Labute approximate surface area is 140 Å². The highest BCUT2D eigenvalue weighted by molar-refractivity contribution is 5.94. The first kappa shape index (κ1) is 17.9. The number of morpholine rings is 1. The third-order valence-corrected chi connectivity index (χ3v) is 3.75. The largest absolute Gasteiger partial charge is 0.481 e. The fraction of sp³-hybridized carbons (Fsp3) is 0.471. The molecule has 1 aliphatic heterocycles. The van der Waals surface area contributed by atoms with Gasteiger partial charge in [-0.05, 0) is 26.0 Å². The molecule has 0 radical (unpaired) electrons. The molecule has 1 N–H and O–H groups in total. The molecule has 7 heteroatoms. The number of carbonyl (C=O) groups excluding carboxylic acids is 2. The molecule has 7 nitrogen and oxygen atoms in total. The summed E-state index contributed by atoms with van der Waals surface area (Å²) >= 11 is 0. The van der Waals surface area contributed by atoms with Gasteiger partial charge in [-0.1, -0.05) is 12.1 Å². The minimum absolute atomic E-state index is 0.0795. The van der Waals surface area contributed by atoms with E-state index < -0.39 is 18.2 Å². The molecule has 130 valence electrons. The highest BCUT2D eigenvalue weighted by Gasteiger charge is 2.29. The van der Waals surface area contributed by atoms with Crippen molar-refractivity contribution in [2.75, 3.05) is 19.7 Å². The topological polar surface area (TPSA) is 93.1 Å².